The van der Waals surface area contributed by atoms with Gasteiger partial charge in [-0.1, -0.05) is 41.7 Å². The third-order valence-corrected chi connectivity index (χ3v) is 7.67. The van der Waals surface area contributed by atoms with Gasteiger partial charge in [-0.3, -0.25) is 4.79 Å². The minimum Gasteiger partial charge on any atom is -0.496 e. The van der Waals surface area contributed by atoms with E-state index in [-0.39, 0.29) is 12.2 Å². The van der Waals surface area contributed by atoms with Crippen molar-refractivity contribution >= 4 is 22.4 Å². The van der Waals surface area contributed by atoms with Gasteiger partial charge in [-0.25, -0.2) is 4.68 Å². The van der Waals surface area contributed by atoms with E-state index in [0.29, 0.717) is 26.8 Å². The van der Waals surface area contributed by atoms with Gasteiger partial charge in [0.05, 0.1) is 17.3 Å². The summed E-state index contributed by atoms with van der Waals surface area (Å²) in [5, 5.41) is 9.37. The number of nitrogens with zero attached hydrogens (tertiary/aromatic N) is 5. The molecule has 40 heavy (non-hydrogen) atoms. The van der Waals surface area contributed by atoms with Crippen LogP contribution in [0, 0.1) is 6.92 Å². The van der Waals surface area contributed by atoms with Crippen molar-refractivity contribution in [3.63, 3.8) is 0 Å². The highest BCUT2D eigenvalue weighted by Gasteiger charge is 2.27. The highest BCUT2D eigenvalue weighted by Crippen LogP contribution is 2.35. The number of para-hydroxylation sites is 3. The Kier molecular flexibility index (Phi) is 5.82. The number of rotatable bonds is 5. The molecule has 4 heterocycles. The van der Waals surface area contributed by atoms with E-state index in [4.69, 9.17) is 19.3 Å². The number of fused-ring (bicyclic) bond motifs is 2. The van der Waals surface area contributed by atoms with Crippen molar-refractivity contribution in [3.8, 4) is 34.2 Å². The molecule has 0 fully saturated rings. The second-order valence-corrected chi connectivity index (χ2v) is 10.4. The van der Waals surface area contributed by atoms with Gasteiger partial charge in [-0.2, -0.15) is 14.6 Å². The number of hydrogen-bond acceptors (Lipinski definition) is 8. The molecule has 1 aliphatic rings. The molecule has 0 spiro atoms. The fourth-order valence-corrected chi connectivity index (χ4v) is 5.63. The molecule has 0 bridgehead atoms. The lowest BCUT2D eigenvalue weighted by atomic mass is 10.0. The molecule has 9 nitrogen and oxygen atoms in total. The zero-order valence-corrected chi connectivity index (χ0v) is 22.5. The van der Waals surface area contributed by atoms with E-state index in [2.05, 4.69) is 10.1 Å². The molecule has 1 aliphatic heterocycles. The van der Waals surface area contributed by atoms with Crippen LogP contribution in [0.1, 0.15) is 23.1 Å². The Bertz CT molecular complexity index is 1980. The van der Waals surface area contributed by atoms with Crippen molar-refractivity contribution in [1.82, 2.24) is 24.4 Å². The van der Waals surface area contributed by atoms with E-state index in [0.717, 1.165) is 33.8 Å². The Hall–Kier alpha value is -4.96. The predicted molar refractivity (Wildman–Crippen MR) is 152 cm³/mol. The predicted octanol–water partition coefficient (Wildman–Crippen LogP) is 4.38. The van der Waals surface area contributed by atoms with Crippen LogP contribution in [-0.2, 0) is 0 Å². The van der Waals surface area contributed by atoms with Gasteiger partial charge < -0.3 is 14.2 Å². The number of aryl methyl sites for hydroxylation is 1. The molecule has 198 valence electrons. The van der Waals surface area contributed by atoms with Crippen LogP contribution in [0.25, 0.3) is 28.0 Å². The number of ether oxygens (including phenoxy) is 3. The maximum Gasteiger partial charge on any atom is 0.291 e. The maximum atomic E-state index is 13.4. The van der Waals surface area contributed by atoms with E-state index in [1.807, 2.05) is 96.7 Å². The number of thiazole rings is 1. The normalized spacial score (nSPS) is 15.1. The molecule has 0 saturated carbocycles. The van der Waals surface area contributed by atoms with Crippen LogP contribution < -0.4 is 24.3 Å². The molecule has 7 rings (SSSR count). The van der Waals surface area contributed by atoms with Crippen LogP contribution in [-0.4, -0.2) is 38.1 Å². The summed E-state index contributed by atoms with van der Waals surface area (Å²) < 4.78 is 20.9. The summed E-state index contributed by atoms with van der Waals surface area (Å²) in [5.41, 5.74) is 4.13. The van der Waals surface area contributed by atoms with Gasteiger partial charge in [0, 0.05) is 17.3 Å². The first kappa shape index (κ1) is 24.1. The van der Waals surface area contributed by atoms with Crippen molar-refractivity contribution in [3.05, 3.63) is 111 Å². The Morgan fingerprint density at radius 2 is 1.82 bits per heavy atom. The van der Waals surface area contributed by atoms with Crippen LogP contribution in [0.15, 0.2) is 83.8 Å². The molecular weight excluding hydrogens is 526 g/mol. The lowest BCUT2D eigenvalue weighted by Gasteiger charge is -2.24. The molecule has 0 N–H and O–H groups in total. The van der Waals surface area contributed by atoms with E-state index in [9.17, 15) is 4.79 Å². The SMILES string of the molecule is COc1ccc(-c2nn(-c3ccccc3)cc2/C=c2\sc3nc([C@@H]4COc5ccccc5O4)nn3c2=O)cc1C. The minimum absolute atomic E-state index is 0.250. The molecule has 0 aliphatic carbocycles. The van der Waals surface area contributed by atoms with Crippen LogP contribution in [0.3, 0.4) is 0 Å². The fourth-order valence-electron chi connectivity index (χ4n) is 4.73. The topological polar surface area (TPSA) is 92.8 Å². The molecular formula is C30H23N5O4S. The quantitative estimate of drug-likeness (QED) is 0.315. The summed E-state index contributed by atoms with van der Waals surface area (Å²) >= 11 is 1.28. The molecule has 10 heteroatoms. The number of aromatic nitrogens is 5. The van der Waals surface area contributed by atoms with Gasteiger partial charge in [-0.05, 0) is 61.0 Å². The van der Waals surface area contributed by atoms with Gasteiger partial charge in [0.15, 0.2) is 23.4 Å². The second-order valence-electron chi connectivity index (χ2n) is 9.34. The monoisotopic (exact) mass is 549 g/mol. The molecule has 6 aromatic rings. The molecule has 3 aromatic carbocycles. The van der Waals surface area contributed by atoms with Crippen LogP contribution >= 0.6 is 11.3 Å². The molecule has 1 atom stereocenters. The smallest absolute Gasteiger partial charge is 0.291 e. The third kappa shape index (κ3) is 4.18. The Morgan fingerprint density at radius 3 is 2.60 bits per heavy atom. The van der Waals surface area contributed by atoms with Crippen molar-refractivity contribution < 1.29 is 14.2 Å². The van der Waals surface area contributed by atoms with Crippen molar-refractivity contribution in [2.75, 3.05) is 13.7 Å². The fraction of sp³-hybridized carbons (Fsp3) is 0.133. The summed E-state index contributed by atoms with van der Waals surface area (Å²) in [4.78, 5) is 18.5. The highest BCUT2D eigenvalue weighted by atomic mass is 32.1. The lowest BCUT2D eigenvalue weighted by molar-refractivity contribution is 0.0852. The zero-order valence-electron chi connectivity index (χ0n) is 21.6. The first-order valence-corrected chi connectivity index (χ1v) is 13.5. The Labute approximate surface area is 232 Å². The Balaban J connectivity index is 1.29. The first-order valence-electron chi connectivity index (χ1n) is 12.7. The Morgan fingerprint density at radius 1 is 1.02 bits per heavy atom. The average Bonchev–Trinajstić information content (AvgIpc) is 3.68. The summed E-state index contributed by atoms with van der Waals surface area (Å²) in [5.74, 6) is 2.52. The minimum atomic E-state index is -0.497. The summed E-state index contributed by atoms with van der Waals surface area (Å²) in [6.45, 7) is 2.26. The van der Waals surface area contributed by atoms with Gasteiger partial charge in [0.2, 0.25) is 4.96 Å². The third-order valence-electron chi connectivity index (χ3n) is 6.71. The van der Waals surface area contributed by atoms with E-state index < -0.39 is 6.10 Å². The van der Waals surface area contributed by atoms with Gasteiger partial charge >= 0.3 is 0 Å². The average molecular weight is 550 g/mol. The molecule has 3 aromatic heterocycles. The number of hydrogen-bond donors (Lipinski definition) is 0. The highest BCUT2D eigenvalue weighted by molar-refractivity contribution is 7.15. The van der Waals surface area contributed by atoms with E-state index >= 15 is 0 Å². The summed E-state index contributed by atoms with van der Waals surface area (Å²) in [6.07, 6.45) is 3.28. The molecule has 0 radical (unpaired) electrons. The number of benzene rings is 3. The summed E-state index contributed by atoms with van der Waals surface area (Å²) in [6, 6.07) is 23.2. The maximum absolute atomic E-state index is 13.4. The largest absolute Gasteiger partial charge is 0.496 e. The van der Waals surface area contributed by atoms with Crippen LogP contribution in [0.5, 0.6) is 17.2 Å². The molecule has 0 amide bonds. The van der Waals surface area contributed by atoms with Crippen molar-refractivity contribution in [1.29, 1.82) is 0 Å². The van der Waals surface area contributed by atoms with E-state index in [1.165, 1.54) is 15.9 Å². The first-order chi connectivity index (χ1) is 19.6. The molecule has 0 saturated heterocycles. The summed E-state index contributed by atoms with van der Waals surface area (Å²) in [7, 11) is 1.65. The zero-order chi connectivity index (χ0) is 27.2. The number of methoxy groups -OCH3 is 1. The van der Waals surface area contributed by atoms with Gasteiger partial charge in [0.25, 0.3) is 5.56 Å². The van der Waals surface area contributed by atoms with Crippen LogP contribution in [0.4, 0.5) is 0 Å². The van der Waals surface area contributed by atoms with Crippen molar-refractivity contribution in [2.45, 2.75) is 13.0 Å². The second kappa shape index (κ2) is 9.65. The van der Waals surface area contributed by atoms with Gasteiger partial charge in [0.1, 0.15) is 18.1 Å². The van der Waals surface area contributed by atoms with Crippen molar-refractivity contribution in [2.24, 2.45) is 0 Å². The van der Waals surface area contributed by atoms with E-state index in [1.54, 1.807) is 7.11 Å². The van der Waals surface area contributed by atoms with Crippen LogP contribution in [0.2, 0.25) is 0 Å². The molecule has 0 unspecified atom stereocenters. The standard InChI is InChI=1S/C30H23N5O4S/c1-18-14-19(12-13-22(18)37-2)27-20(16-34(32-27)21-8-4-3-5-9-21)15-26-29(36)35-30(40-26)31-28(33-35)25-17-38-23-10-6-7-11-24(23)39-25/h3-16,25H,17H2,1-2H3/b26-15-/t25-/m0/s1. The van der Waals surface area contributed by atoms with Gasteiger partial charge in [-0.15, -0.1) is 5.10 Å². The lowest BCUT2D eigenvalue weighted by Crippen LogP contribution is -2.26.